The van der Waals surface area contributed by atoms with Crippen LogP contribution in [0.2, 0.25) is 0 Å². The lowest BCUT2D eigenvalue weighted by Gasteiger charge is -2.11. The fraction of sp³-hybridized carbons (Fsp3) is 0.190. The molecule has 142 valence electrons. The number of nitrogens with one attached hydrogen (secondary N) is 1. The second-order valence-electron chi connectivity index (χ2n) is 6.05. The first kappa shape index (κ1) is 19.4. The molecule has 2 aromatic heterocycles. The molecular weight excluding hydrogens is 372 g/mol. The van der Waals surface area contributed by atoms with E-state index in [0.29, 0.717) is 11.7 Å². The summed E-state index contributed by atoms with van der Waals surface area (Å²) in [6.07, 6.45) is 3.21. The average Bonchev–Trinajstić information content (AvgIpc) is 3.28. The van der Waals surface area contributed by atoms with E-state index in [0.717, 1.165) is 28.4 Å². The number of hydrogen-bond acceptors (Lipinski definition) is 5. The Hall–Kier alpha value is -3.37. The summed E-state index contributed by atoms with van der Waals surface area (Å²) in [5, 5.41) is 14.3. The van der Waals surface area contributed by atoms with Crippen LogP contribution in [0.1, 0.15) is 23.9 Å². The van der Waals surface area contributed by atoms with Crippen LogP contribution in [-0.4, -0.2) is 22.1 Å². The third-order valence-electron chi connectivity index (χ3n) is 4.19. The van der Waals surface area contributed by atoms with E-state index in [-0.39, 0.29) is 5.57 Å². The van der Waals surface area contributed by atoms with Gasteiger partial charge in [0.25, 0.3) is 5.91 Å². The Morgan fingerprint density at radius 1 is 1.36 bits per heavy atom. The predicted octanol–water partition coefficient (Wildman–Crippen LogP) is 4.50. The molecule has 0 aliphatic heterocycles. The summed E-state index contributed by atoms with van der Waals surface area (Å²) in [5.74, 6) is 0.350. The molecule has 0 bridgehead atoms. The quantitative estimate of drug-likeness (QED) is 0.495. The van der Waals surface area contributed by atoms with Crippen molar-refractivity contribution in [2.24, 2.45) is 0 Å². The zero-order chi connectivity index (χ0) is 20.1. The topological polar surface area (TPSA) is 79.9 Å². The first-order chi connectivity index (χ1) is 13.5. The molecule has 0 unspecified atom stereocenters. The molecule has 0 aliphatic carbocycles. The molecule has 0 fully saturated rings. The molecule has 3 aromatic rings. The Labute approximate surface area is 167 Å². The molecule has 0 radical (unpaired) electrons. The number of carbonyl (C=O) groups excluding carboxylic acids is 1. The summed E-state index contributed by atoms with van der Waals surface area (Å²) >= 11 is 1.30. The van der Waals surface area contributed by atoms with E-state index < -0.39 is 5.91 Å². The number of aryl methyl sites for hydroxylation is 1. The van der Waals surface area contributed by atoms with E-state index >= 15 is 0 Å². The van der Waals surface area contributed by atoms with Crippen molar-refractivity contribution in [2.45, 2.75) is 20.8 Å². The summed E-state index contributed by atoms with van der Waals surface area (Å²) < 4.78 is 7.57. The largest absolute Gasteiger partial charge is 0.494 e. The van der Waals surface area contributed by atoms with Gasteiger partial charge in [0.15, 0.2) is 5.13 Å². The highest BCUT2D eigenvalue weighted by atomic mass is 32.1. The number of carbonyl (C=O) groups is 1. The standard InChI is InChI=1S/C21H20N4O2S/c1-4-27-19-7-5-18(6-8-19)25-14(2)11-16(15(25)3)12-17(13-22)20(26)24-21-23-9-10-28-21/h5-12H,4H2,1-3H3,(H,23,24,26)/b17-12-. The van der Waals surface area contributed by atoms with Gasteiger partial charge in [0.1, 0.15) is 17.4 Å². The Bertz CT molecular complexity index is 1040. The third kappa shape index (κ3) is 4.13. The Morgan fingerprint density at radius 2 is 2.11 bits per heavy atom. The third-order valence-corrected chi connectivity index (χ3v) is 4.88. The number of hydrogen-bond donors (Lipinski definition) is 1. The summed E-state index contributed by atoms with van der Waals surface area (Å²) in [6.45, 7) is 6.52. The lowest BCUT2D eigenvalue weighted by Crippen LogP contribution is -2.13. The molecule has 7 heteroatoms. The second kappa shape index (κ2) is 8.55. The van der Waals surface area contributed by atoms with Gasteiger partial charge in [-0.3, -0.25) is 10.1 Å². The minimum absolute atomic E-state index is 0.0298. The van der Waals surface area contributed by atoms with Crippen LogP contribution in [0.3, 0.4) is 0 Å². The van der Waals surface area contributed by atoms with Crippen LogP contribution in [0, 0.1) is 25.2 Å². The monoisotopic (exact) mass is 392 g/mol. The van der Waals surface area contributed by atoms with Gasteiger partial charge in [-0.15, -0.1) is 11.3 Å². The van der Waals surface area contributed by atoms with Gasteiger partial charge in [0.2, 0.25) is 0 Å². The van der Waals surface area contributed by atoms with Crippen molar-refractivity contribution < 1.29 is 9.53 Å². The Balaban J connectivity index is 1.90. The number of anilines is 1. The smallest absolute Gasteiger partial charge is 0.268 e. The first-order valence-corrected chi connectivity index (χ1v) is 9.66. The molecule has 1 amide bonds. The number of ether oxygens (including phenoxy) is 1. The first-order valence-electron chi connectivity index (χ1n) is 8.78. The normalized spacial score (nSPS) is 11.1. The molecule has 0 saturated carbocycles. The van der Waals surface area contributed by atoms with Crippen LogP contribution in [0.25, 0.3) is 11.8 Å². The van der Waals surface area contributed by atoms with E-state index in [9.17, 15) is 10.1 Å². The number of aromatic nitrogens is 2. The van der Waals surface area contributed by atoms with Crippen LogP contribution in [0.15, 0.2) is 47.5 Å². The minimum Gasteiger partial charge on any atom is -0.494 e. The van der Waals surface area contributed by atoms with Crippen molar-refractivity contribution in [1.29, 1.82) is 5.26 Å². The number of thiazole rings is 1. The van der Waals surface area contributed by atoms with Crippen LogP contribution in [0.4, 0.5) is 5.13 Å². The lowest BCUT2D eigenvalue weighted by atomic mass is 10.1. The van der Waals surface area contributed by atoms with Crippen molar-refractivity contribution in [3.63, 3.8) is 0 Å². The van der Waals surface area contributed by atoms with Gasteiger partial charge >= 0.3 is 0 Å². The van der Waals surface area contributed by atoms with E-state index in [2.05, 4.69) is 14.9 Å². The van der Waals surface area contributed by atoms with Gasteiger partial charge in [-0.2, -0.15) is 5.26 Å². The highest BCUT2D eigenvalue weighted by molar-refractivity contribution is 7.13. The maximum atomic E-state index is 12.4. The van der Waals surface area contributed by atoms with Crippen molar-refractivity contribution in [1.82, 2.24) is 9.55 Å². The summed E-state index contributed by atoms with van der Waals surface area (Å²) in [6, 6.07) is 11.8. The van der Waals surface area contributed by atoms with Gasteiger partial charge in [0, 0.05) is 28.7 Å². The summed E-state index contributed by atoms with van der Waals surface area (Å²) in [5.41, 5.74) is 3.78. The van der Waals surface area contributed by atoms with Crippen LogP contribution >= 0.6 is 11.3 Å². The average molecular weight is 392 g/mol. The molecule has 1 aromatic carbocycles. The number of amides is 1. The maximum Gasteiger partial charge on any atom is 0.268 e. The fourth-order valence-corrected chi connectivity index (χ4v) is 3.47. The molecule has 2 heterocycles. The Kier molecular flexibility index (Phi) is 5.92. The number of benzene rings is 1. The highest BCUT2D eigenvalue weighted by Gasteiger charge is 2.14. The maximum absolute atomic E-state index is 12.4. The molecule has 0 aliphatic rings. The predicted molar refractivity (Wildman–Crippen MR) is 111 cm³/mol. The molecule has 0 atom stereocenters. The Morgan fingerprint density at radius 3 is 2.71 bits per heavy atom. The van der Waals surface area contributed by atoms with E-state index in [1.165, 1.54) is 11.3 Å². The van der Waals surface area contributed by atoms with Crippen LogP contribution in [-0.2, 0) is 4.79 Å². The van der Waals surface area contributed by atoms with E-state index in [1.54, 1.807) is 17.7 Å². The molecule has 0 spiro atoms. The summed E-state index contributed by atoms with van der Waals surface area (Å²) in [7, 11) is 0. The zero-order valence-electron chi connectivity index (χ0n) is 15.9. The number of rotatable bonds is 6. The molecule has 1 N–H and O–H groups in total. The highest BCUT2D eigenvalue weighted by Crippen LogP contribution is 2.24. The molecule has 28 heavy (non-hydrogen) atoms. The van der Waals surface area contributed by atoms with E-state index in [4.69, 9.17) is 4.74 Å². The fourth-order valence-electron chi connectivity index (χ4n) is 2.94. The molecule has 6 nitrogen and oxygen atoms in total. The second-order valence-corrected chi connectivity index (χ2v) is 6.94. The lowest BCUT2D eigenvalue weighted by molar-refractivity contribution is -0.112. The molecule has 3 rings (SSSR count). The zero-order valence-corrected chi connectivity index (χ0v) is 16.7. The van der Waals surface area contributed by atoms with Gasteiger partial charge in [-0.05, 0) is 62.7 Å². The van der Waals surface area contributed by atoms with E-state index in [1.807, 2.05) is 57.2 Å². The van der Waals surface area contributed by atoms with Gasteiger partial charge < -0.3 is 9.30 Å². The van der Waals surface area contributed by atoms with Gasteiger partial charge in [-0.25, -0.2) is 4.98 Å². The molecule has 0 saturated heterocycles. The van der Waals surface area contributed by atoms with Crippen molar-refractivity contribution in [2.75, 3.05) is 11.9 Å². The SMILES string of the molecule is CCOc1ccc(-n2c(C)cc(/C=C(/C#N)C(=O)Nc3nccs3)c2C)cc1. The molecular formula is C21H20N4O2S. The van der Waals surface area contributed by atoms with Crippen molar-refractivity contribution in [3.05, 3.63) is 64.4 Å². The van der Waals surface area contributed by atoms with Crippen LogP contribution < -0.4 is 10.1 Å². The van der Waals surface area contributed by atoms with Crippen molar-refractivity contribution >= 4 is 28.5 Å². The number of nitrogens with zero attached hydrogens (tertiary/aromatic N) is 3. The number of nitriles is 1. The van der Waals surface area contributed by atoms with Crippen LogP contribution in [0.5, 0.6) is 5.75 Å². The van der Waals surface area contributed by atoms with Gasteiger partial charge in [0.05, 0.1) is 6.61 Å². The minimum atomic E-state index is -0.469. The van der Waals surface area contributed by atoms with Crippen molar-refractivity contribution in [3.8, 4) is 17.5 Å². The van der Waals surface area contributed by atoms with Gasteiger partial charge in [-0.1, -0.05) is 0 Å². The summed E-state index contributed by atoms with van der Waals surface area (Å²) in [4.78, 5) is 16.4.